The Morgan fingerprint density at radius 2 is 2.10 bits per heavy atom. The maximum atomic E-state index is 12.2. The molecule has 2 amide bonds. The minimum absolute atomic E-state index is 0.0142. The summed E-state index contributed by atoms with van der Waals surface area (Å²) in [6.07, 6.45) is 0.889. The van der Waals surface area contributed by atoms with Crippen molar-refractivity contribution < 1.29 is 14.7 Å². The summed E-state index contributed by atoms with van der Waals surface area (Å²) in [5.74, 6) is -1.05. The lowest BCUT2D eigenvalue weighted by atomic mass is 10.3. The Bertz CT molecular complexity index is 473. The second-order valence-electron chi connectivity index (χ2n) is 4.83. The number of aromatic carboxylic acids is 1. The summed E-state index contributed by atoms with van der Waals surface area (Å²) < 4.78 is 0. The lowest BCUT2D eigenvalue weighted by Crippen LogP contribution is -2.45. The molecule has 0 saturated heterocycles. The molecule has 0 aliphatic rings. The van der Waals surface area contributed by atoms with E-state index in [2.05, 4.69) is 10.3 Å². The maximum Gasteiger partial charge on any atom is 0.355 e. The summed E-state index contributed by atoms with van der Waals surface area (Å²) in [4.78, 5) is 28.7. The fourth-order valence-electron chi connectivity index (χ4n) is 1.75. The molecule has 112 valence electrons. The molecule has 0 spiro atoms. The number of carboxylic acids is 1. The fourth-order valence-corrected chi connectivity index (χ4v) is 2.55. The van der Waals surface area contributed by atoms with Crippen LogP contribution in [0.5, 0.6) is 0 Å². The molecule has 0 aliphatic heterocycles. The normalized spacial score (nSPS) is 12.2. The van der Waals surface area contributed by atoms with Gasteiger partial charge in [-0.2, -0.15) is 0 Å². The Morgan fingerprint density at radius 1 is 1.45 bits per heavy atom. The van der Waals surface area contributed by atoms with E-state index < -0.39 is 5.97 Å². The van der Waals surface area contributed by atoms with Crippen molar-refractivity contribution in [2.24, 2.45) is 0 Å². The molecule has 1 unspecified atom stereocenters. The average molecular weight is 299 g/mol. The third-order valence-electron chi connectivity index (χ3n) is 2.80. The molecular formula is C13H21N3O3S. The van der Waals surface area contributed by atoms with Crippen LogP contribution in [0.2, 0.25) is 0 Å². The Balaban J connectivity index is 2.70. The van der Waals surface area contributed by atoms with Crippen LogP contribution in [0.1, 0.15) is 55.7 Å². The highest BCUT2D eigenvalue weighted by molar-refractivity contribution is 7.09. The Hall–Kier alpha value is -1.63. The number of aromatic nitrogens is 1. The summed E-state index contributed by atoms with van der Waals surface area (Å²) in [5.41, 5.74) is 0.0142. The van der Waals surface area contributed by atoms with Gasteiger partial charge in [-0.15, -0.1) is 11.3 Å². The van der Waals surface area contributed by atoms with Gasteiger partial charge in [0.15, 0.2) is 5.69 Å². The van der Waals surface area contributed by atoms with Crippen molar-refractivity contribution in [1.29, 1.82) is 0 Å². The van der Waals surface area contributed by atoms with Crippen LogP contribution in [-0.2, 0) is 0 Å². The van der Waals surface area contributed by atoms with Crippen LogP contribution in [0.15, 0.2) is 5.38 Å². The molecule has 1 aromatic heterocycles. The molecule has 0 bridgehead atoms. The molecule has 2 N–H and O–H groups in total. The zero-order valence-corrected chi connectivity index (χ0v) is 13.0. The lowest BCUT2D eigenvalue weighted by molar-refractivity contribution is 0.0691. The van der Waals surface area contributed by atoms with Gasteiger partial charge in [0.2, 0.25) is 0 Å². The van der Waals surface area contributed by atoms with E-state index in [0.29, 0.717) is 11.6 Å². The molecule has 1 rings (SSSR count). The third kappa shape index (κ3) is 4.19. The van der Waals surface area contributed by atoms with E-state index in [1.165, 1.54) is 16.7 Å². The summed E-state index contributed by atoms with van der Waals surface area (Å²) in [6.45, 7) is 8.44. The number of rotatable bonds is 6. The molecule has 6 nitrogen and oxygen atoms in total. The molecule has 0 radical (unpaired) electrons. The van der Waals surface area contributed by atoms with Crippen LogP contribution in [0, 0.1) is 0 Å². The molecular weight excluding hydrogens is 278 g/mol. The number of hydrogen-bond donors (Lipinski definition) is 2. The molecule has 1 atom stereocenters. The first-order chi connectivity index (χ1) is 9.36. The van der Waals surface area contributed by atoms with E-state index in [1.54, 1.807) is 11.8 Å². The van der Waals surface area contributed by atoms with Crippen molar-refractivity contribution in [2.75, 3.05) is 6.54 Å². The molecule has 0 aliphatic carbocycles. The minimum Gasteiger partial charge on any atom is -0.476 e. The maximum absolute atomic E-state index is 12.2. The number of amides is 2. The number of carbonyl (C=O) groups is 2. The first kappa shape index (κ1) is 16.4. The number of nitrogens with one attached hydrogen (secondary N) is 1. The van der Waals surface area contributed by atoms with E-state index in [-0.39, 0.29) is 23.8 Å². The Kier molecular flexibility index (Phi) is 5.94. The van der Waals surface area contributed by atoms with Crippen LogP contribution in [0.25, 0.3) is 0 Å². The standard InChI is InChI=1S/C13H21N3O3S/c1-5-6-16(8(2)3)13(19)14-9(4)11-15-10(7-20-11)12(17)18/h7-9H,5-6H2,1-4H3,(H,14,19)(H,17,18). The predicted octanol–water partition coefficient (Wildman–Crippen LogP) is 2.73. The van der Waals surface area contributed by atoms with Crippen LogP contribution in [-0.4, -0.2) is 39.6 Å². The number of thiazole rings is 1. The SMILES string of the molecule is CCCN(C(=O)NC(C)c1nc(C(=O)O)cs1)C(C)C. The summed E-state index contributed by atoms with van der Waals surface area (Å²) in [6, 6.07) is -0.340. The molecule has 20 heavy (non-hydrogen) atoms. The van der Waals surface area contributed by atoms with E-state index in [1.807, 2.05) is 20.8 Å². The zero-order valence-electron chi connectivity index (χ0n) is 12.2. The first-order valence-electron chi connectivity index (χ1n) is 6.62. The van der Waals surface area contributed by atoms with Crippen LogP contribution in [0.4, 0.5) is 4.79 Å². The van der Waals surface area contributed by atoms with Crippen LogP contribution < -0.4 is 5.32 Å². The number of nitrogens with zero attached hydrogens (tertiary/aromatic N) is 2. The van der Waals surface area contributed by atoms with Gasteiger partial charge in [-0.1, -0.05) is 6.92 Å². The number of hydrogen-bond acceptors (Lipinski definition) is 4. The topological polar surface area (TPSA) is 82.5 Å². The first-order valence-corrected chi connectivity index (χ1v) is 7.50. The monoisotopic (exact) mass is 299 g/mol. The lowest BCUT2D eigenvalue weighted by Gasteiger charge is -2.27. The van der Waals surface area contributed by atoms with Crippen LogP contribution >= 0.6 is 11.3 Å². The van der Waals surface area contributed by atoms with Gasteiger partial charge in [0, 0.05) is 18.0 Å². The molecule has 7 heteroatoms. The zero-order chi connectivity index (χ0) is 15.3. The predicted molar refractivity (Wildman–Crippen MR) is 78.2 cm³/mol. The van der Waals surface area contributed by atoms with Crippen molar-refractivity contribution in [3.05, 3.63) is 16.1 Å². The molecule has 1 aromatic rings. The summed E-state index contributed by atoms with van der Waals surface area (Å²) >= 11 is 1.24. The van der Waals surface area contributed by atoms with Gasteiger partial charge in [-0.3, -0.25) is 0 Å². The third-order valence-corrected chi connectivity index (χ3v) is 3.83. The Morgan fingerprint density at radius 3 is 2.55 bits per heavy atom. The largest absolute Gasteiger partial charge is 0.476 e. The highest BCUT2D eigenvalue weighted by Crippen LogP contribution is 2.18. The highest BCUT2D eigenvalue weighted by atomic mass is 32.1. The quantitative estimate of drug-likeness (QED) is 0.846. The fraction of sp³-hybridized carbons (Fsp3) is 0.615. The van der Waals surface area contributed by atoms with Crippen molar-refractivity contribution in [1.82, 2.24) is 15.2 Å². The summed E-state index contributed by atoms with van der Waals surface area (Å²) in [5, 5.41) is 13.8. The van der Waals surface area contributed by atoms with Gasteiger partial charge in [-0.25, -0.2) is 14.6 Å². The van der Waals surface area contributed by atoms with E-state index in [0.717, 1.165) is 6.42 Å². The number of carboxylic acid groups (broad SMARTS) is 1. The van der Waals surface area contributed by atoms with E-state index in [9.17, 15) is 9.59 Å². The highest BCUT2D eigenvalue weighted by Gasteiger charge is 2.20. The Labute approximate surface area is 122 Å². The van der Waals surface area contributed by atoms with Gasteiger partial charge in [0.05, 0.1) is 6.04 Å². The average Bonchev–Trinajstić information content (AvgIpc) is 2.84. The van der Waals surface area contributed by atoms with Gasteiger partial charge < -0.3 is 15.3 Å². The molecule has 1 heterocycles. The summed E-state index contributed by atoms with van der Waals surface area (Å²) in [7, 11) is 0. The molecule has 0 fully saturated rings. The van der Waals surface area contributed by atoms with Crippen LogP contribution in [0.3, 0.4) is 0 Å². The second kappa shape index (κ2) is 7.23. The second-order valence-corrected chi connectivity index (χ2v) is 5.72. The minimum atomic E-state index is -1.05. The van der Waals surface area contributed by atoms with Gasteiger partial charge >= 0.3 is 12.0 Å². The molecule has 0 aromatic carbocycles. The van der Waals surface area contributed by atoms with E-state index in [4.69, 9.17) is 5.11 Å². The number of urea groups is 1. The van der Waals surface area contributed by atoms with Crippen molar-refractivity contribution in [3.63, 3.8) is 0 Å². The van der Waals surface area contributed by atoms with Gasteiger partial charge in [0.25, 0.3) is 0 Å². The van der Waals surface area contributed by atoms with Gasteiger partial charge in [0.1, 0.15) is 5.01 Å². The molecule has 0 saturated carbocycles. The van der Waals surface area contributed by atoms with Gasteiger partial charge in [-0.05, 0) is 27.2 Å². The van der Waals surface area contributed by atoms with Crippen molar-refractivity contribution in [2.45, 2.75) is 46.2 Å². The number of carbonyl (C=O) groups excluding carboxylic acids is 1. The smallest absolute Gasteiger partial charge is 0.355 e. The van der Waals surface area contributed by atoms with Crippen molar-refractivity contribution in [3.8, 4) is 0 Å². The van der Waals surface area contributed by atoms with E-state index >= 15 is 0 Å². The van der Waals surface area contributed by atoms with Crippen molar-refractivity contribution >= 4 is 23.3 Å².